The van der Waals surface area contributed by atoms with Crippen molar-refractivity contribution in [3.63, 3.8) is 0 Å². The minimum absolute atomic E-state index is 0.0120. The molecule has 1 rings (SSSR count). The number of aromatic nitrogens is 2. The molecule has 1 aromatic rings. The van der Waals surface area contributed by atoms with Gasteiger partial charge in [-0.15, -0.1) is 0 Å². The maximum absolute atomic E-state index is 6.16. The van der Waals surface area contributed by atoms with Crippen LogP contribution in [0.15, 0.2) is 12.4 Å². The van der Waals surface area contributed by atoms with Crippen molar-refractivity contribution in [3.05, 3.63) is 18.0 Å². The van der Waals surface area contributed by atoms with Crippen LogP contribution >= 0.6 is 0 Å². The molecule has 0 amide bonds. The Balaban J connectivity index is 2.84. The fourth-order valence-corrected chi connectivity index (χ4v) is 2.25. The van der Waals surface area contributed by atoms with Gasteiger partial charge in [-0.05, 0) is 6.92 Å². The topological polar surface area (TPSA) is 65.5 Å². The highest BCUT2D eigenvalue weighted by molar-refractivity contribution is 5.13. The SMILES string of the molecule is COCCN(CCOC)C(c1cnn(C)c1)C(C)N. The Bertz CT molecular complexity index is 346. The molecule has 2 N–H and O–H groups in total. The lowest BCUT2D eigenvalue weighted by Crippen LogP contribution is -2.42. The van der Waals surface area contributed by atoms with Crippen LogP contribution in [0.25, 0.3) is 0 Å². The van der Waals surface area contributed by atoms with Crippen molar-refractivity contribution in [3.8, 4) is 0 Å². The first kappa shape index (κ1) is 16.1. The molecule has 2 unspecified atom stereocenters. The predicted molar refractivity (Wildman–Crippen MR) is 74.9 cm³/mol. The Morgan fingerprint density at radius 3 is 2.26 bits per heavy atom. The molecule has 0 radical (unpaired) electrons. The van der Waals surface area contributed by atoms with Gasteiger partial charge < -0.3 is 15.2 Å². The van der Waals surface area contributed by atoms with Gasteiger partial charge in [0.2, 0.25) is 0 Å². The van der Waals surface area contributed by atoms with E-state index in [9.17, 15) is 0 Å². The molecule has 0 aromatic carbocycles. The van der Waals surface area contributed by atoms with Gasteiger partial charge in [0.25, 0.3) is 0 Å². The number of methoxy groups -OCH3 is 2. The minimum Gasteiger partial charge on any atom is -0.383 e. The maximum Gasteiger partial charge on any atom is 0.0589 e. The molecule has 1 aromatic heterocycles. The van der Waals surface area contributed by atoms with Crippen molar-refractivity contribution in [2.24, 2.45) is 12.8 Å². The number of rotatable bonds is 9. The molecular formula is C13H26N4O2. The van der Waals surface area contributed by atoms with E-state index in [2.05, 4.69) is 10.00 Å². The van der Waals surface area contributed by atoms with Gasteiger partial charge in [0.1, 0.15) is 0 Å². The first-order chi connectivity index (χ1) is 9.10. The molecule has 0 fully saturated rings. The molecule has 0 bridgehead atoms. The third kappa shape index (κ3) is 4.91. The summed E-state index contributed by atoms with van der Waals surface area (Å²) in [4.78, 5) is 2.29. The number of hydrogen-bond donors (Lipinski definition) is 1. The quantitative estimate of drug-likeness (QED) is 0.704. The molecule has 0 aliphatic carbocycles. The summed E-state index contributed by atoms with van der Waals surface area (Å²) in [7, 11) is 5.33. The van der Waals surface area contributed by atoms with Crippen molar-refractivity contribution in [1.82, 2.24) is 14.7 Å². The first-order valence-electron chi connectivity index (χ1n) is 6.56. The zero-order chi connectivity index (χ0) is 14.3. The zero-order valence-corrected chi connectivity index (χ0v) is 12.4. The number of ether oxygens (including phenoxy) is 2. The third-order valence-corrected chi connectivity index (χ3v) is 3.12. The van der Waals surface area contributed by atoms with Gasteiger partial charge in [-0.2, -0.15) is 5.10 Å². The Kier molecular flexibility index (Phi) is 7.01. The number of nitrogens with two attached hydrogens (primary N) is 1. The van der Waals surface area contributed by atoms with Gasteiger partial charge >= 0.3 is 0 Å². The Labute approximate surface area is 115 Å². The molecule has 110 valence electrons. The van der Waals surface area contributed by atoms with E-state index in [0.717, 1.165) is 18.7 Å². The van der Waals surface area contributed by atoms with Crippen LogP contribution in [0, 0.1) is 0 Å². The summed E-state index contributed by atoms with van der Waals surface area (Å²) in [6.07, 6.45) is 3.89. The second-order valence-electron chi connectivity index (χ2n) is 4.77. The van der Waals surface area contributed by atoms with E-state index in [0.29, 0.717) is 13.2 Å². The highest BCUT2D eigenvalue weighted by Gasteiger charge is 2.24. The molecule has 0 saturated heterocycles. The Hall–Kier alpha value is -0.950. The average molecular weight is 270 g/mol. The lowest BCUT2D eigenvalue weighted by atomic mass is 10.0. The van der Waals surface area contributed by atoms with Gasteiger partial charge in [0.15, 0.2) is 0 Å². The van der Waals surface area contributed by atoms with E-state index in [1.807, 2.05) is 26.4 Å². The van der Waals surface area contributed by atoms with Crippen LogP contribution in [0.5, 0.6) is 0 Å². The van der Waals surface area contributed by atoms with E-state index in [4.69, 9.17) is 15.2 Å². The second-order valence-corrected chi connectivity index (χ2v) is 4.77. The van der Waals surface area contributed by atoms with Crippen molar-refractivity contribution in [2.75, 3.05) is 40.5 Å². The molecule has 1 heterocycles. The van der Waals surface area contributed by atoms with Gasteiger partial charge in [-0.3, -0.25) is 9.58 Å². The summed E-state index contributed by atoms with van der Waals surface area (Å²) in [5.74, 6) is 0. The maximum atomic E-state index is 6.16. The smallest absolute Gasteiger partial charge is 0.0589 e. The molecule has 6 heteroatoms. The molecule has 0 aliphatic heterocycles. The summed E-state index contributed by atoms with van der Waals surface area (Å²) in [5, 5.41) is 4.23. The molecule has 2 atom stereocenters. The van der Waals surface area contributed by atoms with Crippen LogP contribution in [-0.2, 0) is 16.5 Å². The molecule has 19 heavy (non-hydrogen) atoms. The van der Waals surface area contributed by atoms with Gasteiger partial charge in [-0.25, -0.2) is 0 Å². The third-order valence-electron chi connectivity index (χ3n) is 3.12. The Morgan fingerprint density at radius 2 is 1.89 bits per heavy atom. The second kappa shape index (κ2) is 8.27. The van der Waals surface area contributed by atoms with Gasteiger partial charge in [0, 0.05) is 52.2 Å². The van der Waals surface area contributed by atoms with E-state index in [1.54, 1.807) is 18.9 Å². The van der Waals surface area contributed by atoms with E-state index >= 15 is 0 Å². The summed E-state index contributed by atoms with van der Waals surface area (Å²) in [5.41, 5.74) is 7.29. The number of hydrogen-bond acceptors (Lipinski definition) is 5. The van der Waals surface area contributed by atoms with Crippen LogP contribution in [0.4, 0.5) is 0 Å². The van der Waals surface area contributed by atoms with E-state index in [-0.39, 0.29) is 12.1 Å². The molecule has 0 aliphatic rings. The molecule has 0 saturated carbocycles. The van der Waals surface area contributed by atoms with Crippen molar-refractivity contribution >= 4 is 0 Å². The van der Waals surface area contributed by atoms with Crippen LogP contribution in [-0.4, -0.2) is 61.2 Å². The molecule has 6 nitrogen and oxygen atoms in total. The minimum atomic E-state index is 0.0120. The standard InChI is InChI=1S/C13H26N4O2/c1-11(14)13(12-9-15-16(2)10-12)17(5-7-18-3)6-8-19-4/h9-11,13H,5-8,14H2,1-4H3. The van der Waals surface area contributed by atoms with Crippen LogP contribution < -0.4 is 5.73 Å². The zero-order valence-electron chi connectivity index (χ0n) is 12.4. The average Bonchev–Trinajstić information content (AvgIpc) is 2.78. The Morgan fingerprint density at radius 1 is 1.32 bits per heavy atom. The molecule has 0 spiro atoms. The van der Waals surface area contributed by atoms with Crippen molar-refractivity contribution in [1.29, 1.82) is 0 Å². The number of nitrogens with zero attached hydrogens (tertiary/aromatic N) is 3. The fourth-order valence-electron chi connectivity index (χ4n) is 2.25. The van der Waals surface area contributed by atoms with Crippen molar-refractivity contribution < 1.29 is 9.47 Å². The number of aryl methyl sites for hydroxylation is 1. The van der Waals surface area contributed by atoms with E-state index < -0.39 is 0 Å². The van der Waals surface area contributed by atoms with E-state index in [1.165, 1.54) is 0 Å². The fraction of sp³-hybridized carbons (Fsp3) is 0.769. The normalized spacial score (nSPS) is 14.8. The van der Waals surface area contributed by atoms with Crippen molar-refractivity contribution in [2.45, 2.75) is 19.0 Å². The van der Waals surface area contributed by atoms with Crippen LogP contribution in [0.3, 0.4) is 0 Å². The lowest BCUT2D eigenvalue weighted by molar-refractivity contribution is 0.0800. The molecular weight excluding hydrogens is 244 g/mol. The van der Waals surface area contributed by atoms with Crippen LogP contribution in [0.1, 0.15) is 18.5 Å². The summed E-state index contributed by atoms with van der Waals surface area (Å²) < 4.78 is 12.2. The first-order valence-corrected chi connectivity index (χ1v) is 6.56. The lowest BCUT2D eigenvalue weighted by Gasteiger charge is -2.33. The largest absolute Gasteiger partial charge is 0.383 e. The predicted octanol–water partition coefficient (Wildman–Crippen LogP) is 0.403. The monoisotopic (exact) mass is 270 g/mol. The summed E-state index contributed by atoms with van der Waals surface area (Å²) in [6.45, 7) is 5.01. The highest BCUT2D eigenvalue weighted by Crippen LogP contribution is 2.22. The summed E-state index contributed by atoms with van der Waals surface area (Å²) >= 11 is 0. The highest BCUT2D eigenvalue weighted by atomic mass is 16.5. The van der Waals surface area contributed by atoms with Crippen LogP contribution in [0.2, 0.25) is 0 Å². The van der Waals surface area contributed by atoms with Gasteiger partial charge in [0.05, 0.1) is 25.5 Å². The van der Waals surface area contributed by atoms with Gasteiger partial charge in [-0.1, -0.05) is 0 Å². The summed E-state index contributed by atoms with van der Waals surface area (Å²) in [6, 6.07) is 0.136.